The summed E-state index contributed by atoms with van der Waals surface area (Å²) < 4.78 is 14.2. The Labute approximate surface area is 134 Å². The number of fused-ring (bicyclic) bond motifs is 1. The SMILES string of the molecule is Cl.NC1CCN(C(=O)c2cc3c(cc2F)NC(=O)CC3)CC1. The van der Waals surface area contributed by atoms with Crippen LogP contribution in [-0.2, 0) is 11.2 Å². The molecular weight excluding hydrogens is 309 g/mol. The summed E-state index contributed by atoms with van der Waals surface area (Å²) in [6.45, 7) is 1.13. The number of aryl methyl sites for hydroxylation is 1. The number of amides is 2. The van der Waals surface area contributed by atoms with Gasteiger partial charge in [0.2, 0.25) is 5.91 Å². The molecule has 2 aliphatic rings. The molecule has 1 aromatic rings. The first kappa shape index (κ1) is 16.7. The number of carbonyl (C=O) groups is 2. The van der Waals surface area contributed by atoms with E-state index in [4.69, 9.17) is 5.73 Å². The van der Waals surface area contributed by atoms with Crippen LogP contribution < -0.4 is 11.1 Å². The zero-order valence-corrected chi connectivity index (χ0v) is 12.9. The Morgan fingerprint density at radius 2 is 1.95 bits per heavy atom. The molecule has 1 aromatic carbocycles. The van der Waals surface area contributed by atoms with Crippen LogP contribution in [0.3, 0.4) is 0 Å². The van der Waals surface area contributed by atoms with E-state index in [1.807, 2.05) is 0 Å². The molecule has 3 rings (SSSR count). The average molecular weight is 328 g/mol. The second kappa shape index (κ2) is 6.62. The highest BCUT2D eigenvalue weighted by molar-refractivity contribution is 5.98. The molecule has 120 valence electrons. The van der Waals surface area contributed by atoms with Gasteiger partial charge >= 0.3 is 0 Å². The van der Waals surface area contributed by atoms with E-state index in [1.54, 1.807) is 11.0 Å². The Bertz CT molecular complexity index is 601. The summed E-state index contributed by atoms with van der Waals surface area (Å²) in [5, 5.41) is 2.63. The largest absolute Gasteiger partial charge is 0.338 e. The third kappa shape index (κ3) is 3.23. The van der Waals surface area contributed by atoms with Gasteiger partial charge in [0, 0.05) is 31.2 Å². The van der Waals surface area contributed by atoms with Crippen LogP contribution in [0.5, 0.6) is 0 Å². The number of benzene rings is 1. The van der Waals surface area contributed by atoms with Gasteiger partial charge < -0.3 is 16.0 Å². The molecule has 2 amide bonds. The molecular formula is C15H19ClFN3O2. The quantitative estimate of drug-likeness (QED) is 0.824. The zero-order valence-electron chi connectivity index (χ0n) is 12.1. The van der Waals surface area contributed by atoms with Crippen LogP contribution in [-0.4, -0.2) is 35.8 Å². The molecule has 5 nitrogen and oxygen atoms in total. The normalized spacial score (nSPS) is 18.3. The molecule has 22 heavy (non-hydrogen) atoms. The molecule has 3 N–H and O–H groups in total. The molecule has 0 bridgehead atoms. The summed E-state index contributed by atoms with van der Waals surface area (Å²) in [5.74, 6) is -0.999. The fourth-order valence-electron chi connectivity index (χ4n) is 2.84. The molecule has 0 unspecified atom stereocenters. The predicted molar refractivity (Wildman–Crippen MR) is 83.7 cm³/mol. The Balaban J connectivity index is 0.00000176. The highest BCUT2D eigenvalue weighted by Crippen LogP contribution is 2.27. The van der Waals surface area contributed by atoms with E-state index < -0.39 is 5.82 Å². The molecule has 0 atom stereocenters. The monoisotopic (exact) mass is 327 g/mol. The fraction of sp³-hybridized carbons (Fsp3) is 0.467. The van der Waals surface area contributed by atoms with Crippen LogP contribution in [0, 0.1) is 5.82 Å². The van der Waals surface area contributed by atoms with Crippen molar-refractivity contribution < 1.29 is 14.0 Å². The van der Waals surface area contributed by atoms with Crippen molar-refractivity contribution in [1.29, 1.82) is 0 Å². The van der Waals surface area contributed by atoms with E-state index in [-0.39, 0.29) is 35.8 Å². The summed E-state index contributed by atoms with van der Waals surface area (Å²) in [5.41, 5.74) is 7.19. The molecule has 0 radical (unpaired) electrons. The van der Waals surface area contributed by atoms with Gasteiger partial charge in [0.15, 0.2) is 0 Å². The third-order valence-electron chi connectivity index (χ3n) is 4.15. The van der Waals surface area contributed by atoms with Crippen LogP contribution in [0.4, 0.5) is 10.1 Å². The number of piperidine rings is 1. The van der Waals surface area contributed by atoms with E-state index in [0.29, 0.717) is 31.6 Å². The minimum atomic E-state index is -0.587. The van der Waals surface area contributed by atoms with E-state index in [9.17, 15) is 14.0 Å². The van der Waals surface area contributed by atoms with E-state index in [2.05, 4.69) is 5.32 Å². The lowest BCUT2D eigenvalue weighted by Gasteiger charge is -2.30. The summed E-state index contributed by atoms with van der Waals surface area (Å²) in [6, 6.07) is 2.94. The van der Waals surface area contributed by atoms with E-state index >= 15 is 0 Å². The number of likely N-dealkylation sites (tertiary alicyclic amines) is 1. The van der Waals surface area contributed by atoms with E-state index in [1.165, 1.54) is 6.07 Å². The maximum absolute atomic E-state index is 14.2. The topological polar surface area (TPSA) is 75.4 Å². The summed E-state index contributed by atoms with van der Waals surface area (Å²) >= 11 is 0. The number of rotatable bonds is 1. The van der Waals surface area contributed by atoms with Crippen molar-refractivity contribution in [3.8, 4) is 0 Å². The van der Waals surface area contributed by atoms with Gasteiger partial charge in [-0.1, -0.05) is 0 Å². The van der Waals surface area contributed by atoms with Crippen molar-refractivity contribution in [2.45, 2.75) is 31.7 Å². The molecule has 1 saturated heterocycles. The smallest absolute Gasteiger partial charge is 0.256 e. The maximum atomic E-state index is 14.2. The predicted octanol–water partition coefficient (Wildman–Crippen LogP) is 1.70. The Morgan fingerprint density at radius 1 is 1.27 bits per heavy atom. The third-order valence-corrected chi connectivity index (χ3v) is 4.15. The number of nitrogens with two attached hydrogens (primary N) is 1. The summed E-state index contributed by atoms with van der Waals surface area (Å²) in [7, 11) is 0. The van der Waals surface area contributed by atoms with Crippen LogP contribution in [0.2, 0.25) is 0 Å². The van der Waals surface area contributed by atoms with Gasteiger partial charge in [-0.3, -0.25) is 9.59 Å². The van der Waals surface area contributed by atoms with Gasteiger partial charge in [-0.15, -0.1) is 12.4 Å². The standard InChI is InChI=1S/C15H18FN3O2.ClH/c16-12-8-13-9(1-2-14(20)18-13)7-11(12)15(21)19-5-3-10(17)4-6-19;/h7-8,10H,1-6,17H2,(H,18,20);1H. The van der Waals surface area contributed by atoms with Crippen molar-refractivity contribution in [3.05, 3.63) is 29.1 Å². The minimum Gasteiger partial charge on any atom is -0.338 e. The van der Waals surface area contributed by atoms with Crippen molar-refractivity contribution in [1.82, 2.24) is 4.90 Å². The Hall–Kier alpha value is -1.66. The number of hydrogen-bond donors (Lipinski definition) is 2. The van der Waals surface area contributed by atoms with Crippen LogP contribution in [0.15, 0.2) is 12.1 Å². The molecule has 0 aromatic heterocycles. The van der Waals surface area contributed by atoms with Gasteiger partial charge in [0.25, 0.3) is 5.91 Å². The van der Waals surface area contributed by atoms with Crippen LogP contribution in [0.25, 0.3) is 0 Å². The number of halogens is 2. The van der Waals surface area contributed by atoms with Gasteiger partial charge in [-0.2, -0.15) is 0 Å². The second-order valence-corrected chi connectivity index (χ2v) is 5.67. The Morgan fingerprint density at radius 3 is 2.64 bits per heavy atom. The van der Waals surface area contributed by atoms with Gasteiger partial charge in [0.05, 0.1) is 5.56 Å². The molecule has 7 heteroatoms. The molecule has 2 heterocycles. The minimum absolute atomic E-state index is 0. The number of carbonyl (C=O) groups excluding carboxylic acids is 2. The number of nitrogens with zero attached hydrogens (tertiary/aromatic N) is 1. The molecule has 0 aliphatic carbocycles. The van der Waals surface area contributed by atoms with Crippen LogP contribution in [0.1, 0.15) is 35.2 Å². The fourth-order valence-corrected chi connectivity index (χ4v) is 2.84. The maximum Gasteiger partial charge on any atom is 0.256 e. The van der Waals surface area contributed by atoms with Gasteiger partial charge in [0.1, 0.15) is 5.82 Å². The molecule has 0 spiro atoms. The highest BCUT2D eigenvalue weighted by atomic mass is 35.5. The highest BCUT2D eigenvalue weighted by Gasteiger charge is 2.26. The lowest BCUT2D eigenvalue weighted by molar-refractivity contribution is -0.116. The van der Waals surface area contributed by atoms with Crippen molar-refractivity contribution in [2.75, 3.05) is 18.4 Å². The number of hydrogen-bond acceptors (Lipinski definition) is 3. The number of anilines is 1. The van der Waals surface area contributed by atoms with Gasteiger partial charge in [-0.25, -0.2) is 4.39 Å². The van der Waals surface area contributed by atoms with Crippen molar-refractivity contribution in [2.24, 2.45) is 5.73 Å². The first-order valence-electron chi connectivity index (χ1n) is 7.21. The molecule has 2 aliphatic heterocycles. The molecule has 0 saturated carbocycles. The van der Waals surface area contributed by atoms with Crippen molar-refractivity contribution in [3.63, 3.8) is 0 Å². The zero-order chi connectivity index (χ0) is 15.0. The first-order valence-corrected chi connectivity index (χ1v) is 7.21. The second-order valence-electron chi connectivity index (χ2n) is 5.67. The summed E-state index contributed by atoms with van der Waals surface area (Å²) in [6.07, 6.45) is 2.39. The Kier molecular flexibility index (Phi) is 5.03. The van der Waals surface area contributed by atoms with Crippen molar-refractivity contribution >= 4 is 29.9 Å². The molecule has 1 fully saturated rings. The van der Waals surface area contributed by atoms with Crippen LogP contribution >= 0.6 is 12.4 Å². The van der Waals surface area contributed by atoms with Gasteiger partial charge in [-0.05, 0) is 37.0 Å². The van der Waals surface area contributed by atoms with E-state index in [0.717, 1.165) is 18.4 Å². The first-order chi connectivity index (χ1) is 10.0. The number of nitrogens with one attached hydrogen (secondary N) is 1. The lowest BCUT2D eigenvalue weighted by Crippen LogP contribution is -2.43. The average Bonchev–Trinajstić information content (AvgIpc) is 2.46. The lowest BCUT2D eigenvalue weighted by atomic mass is 9.98. The summed E-state index contributed by atoms with van der Waals surface area (Å²) in [4.78, 5) is 25.4.